The molecular formula is C31H22N2O4. The molecule has 6 aromatic rings. The van der Waals surface area contributed by atoms with Crippen molar-refractivity contribution >= 4 is 33.7 Å². The van der Waals surface area contributed by atoms with Crippen molar-refractivity contribution in [1.29, 1.82) is 0 Å². The fourth-order valence-corrected chi connectivity index (χ4v) is 4.27. The number of anilines is 1. The van der Waals surface area contributed by atoms with Gasteiger partial charge < -0.3 is 14.2 Å². The maximum atomic E-state index is 12.8. The third-order valence-electron chi connectivity index (χ3n) is 6.49. The zero-order valence-electron chi connectivity index (χ0n) is 20.2. The Morgan fingerprint density at radius 3 is 2.24 bits per heavy atom. The van der Waals surface area contributed by atoms with Gasteiger partial charge in [-0.1, -0.05) is 30.3 Å². The number of hydrogen-bond donors (Lipinski definition) is 1. The van der Waals surface area contributed by atoms with Crippen molar-refractivity contribution in [2.24, 2.45) is 0 Å². The van der Waals surface area contributed by atoms with Crippen LogP contribution in [0.1, 0.15) is 21.5 Å². The summed E-state index contributed by atoms with van der Waals surface area (Å²) < 4.78 is 11.4. The van der Waals surface area contributed by atoms with Gasteiger partial charge >= 0.3 is 5.63 Å². The molecule has 0 aliphatic rings. The van der Waals surface area contributed by atoms with E-state index in [2.05, 4.69) is 17.2 Å². The number of hydrogen-bond acceptors (Lipinski definition) is 5. The number of oxazole rings is 1. The number of aromatic nitrogens is 1. The van der Waals surface area contributed by atoms with Gasteiger partial charge in [0.2, 0.25) is 5.89 Å². The van der Waals surface area contributed by atoms with Crippen molar-refractivity contribution < 1.29 is 13.6 Å². The second-order valence-electron chi connectivity index (χ2n) is 9.02. The van der Waals surface area contributed by atoms with E-state index >= 15 is 0 Å². The standard InChI is InChI=1S/C31H22N2O4/c1-18-15-26-28(16-19(18)2)36-30(33-26)22-11-13-24(14-12-22)32-29(34)21-9-7-20(8-10-21)25-17-23-5-3-4-6-27(23)37-31(25)35/h3-17H,1-2H3,(H,32,34). The monoisotopic (exact) mass is 486 g/mol. The Balaban J connectivity index is 1.19. The van der Waals surface area contributed by atoms with Crippen molar-refractivity contribution in [3.63, 3.8) is 0 Å². The number of carbonyl (C=O) groups is 1. The SMILES string of the molecule is Cc1cc2nc(-c3ccc(NC(=O)c4ccc(-c5cc6ccccc6oc5=O)cc4)cc3)oc2cc1C. The van der Waals surface area contributed by atoms with Crippen LogP contribution in [0.4, 0.5) is 5.69 Å². The minimum Gasteiger partial charge on any atom is -0.436 e. The van der Waals surface area contributed by atoms with E-state index in [1.165, 1.54) is 5.56 Å². The maximum Gasteiger partial charge on any atom is 0.344 e. The summed E-state index contributed by atoms with van der Waals surface area (Å²) in [5, 5.41) is 3.74. The average Bonchev–Trinajstić information content (AvgIpc) is 3.31. The first-order valence-electron chi connectivity index (χ1n) is 11.9. The van der Waals surface area contributed by atoms with Crippen LogP contribution in [0.15, 0.2) is 105 Å². The van der Waals surface area contributed by atoms with Crippen LogP contribution in [0.3, 0.4) is 0 Å². The minimum absolute atomic E-state index is 0.252. The first-order chi connectivity index (χ1) is 17.9. The van der Waals surface area contributed by atoms with Gasteiger partial charge in [-0.15, -0.1) is 0 Å². The second kappa shape index (κ2) is 8.91. The number of rotatable bonds is 4. The lowest BCUT2D eigenvalue weighted by Gasteiger charge is -2.07. The molecule has 0 aliphatic heterocycles. The Kier molecular flexibility index (Phi) is 5.42. The summed E-state index contributed by atoms with van der Waals surface area (Å²) in [6.45, 7) is 4.09. The van der Waals surface area contributed by atoms with Crippen molar-refractivity contribution in [2.75, 3.05) is 5.32 Å². The molecule has 1 amide bonds. The van der Waals surface area contributed by atoms with E-state index < -0.39 is 5.63 Å². The number of para-hydroxylation sites is 1. The van der Waals surface area contributed by atoms with E-state index in [4.69, 9.17) is 8.83 Å². The number of nitrogens with one attached hydrogen (secondary N) is 1. The van der Waals surface area contributed by atoms with E-state index in [0.717, 1.165) is 27.6 Å². The Hall–Kier alpha value is -4.97. The third-order valence-corrected chi connectivity index (χ3v) is 6.49. The minimum atomic E-state index is -0.416. The molecule has 0 bridgehead atoms. The van der Waals surface area contributed by atoms with Gasteiger partial charge in [-0.25, -0.2) is 9.78 Å². The van der Waals surface area contributed by atoms with Crippen LogP contribution in [0.25, 0.3) is 44.7 Å². The molecule has 0 fully saturated rings. The first-order valence-corrected chi connectivity index (χ1v) is 11.9. The van der Waals surface area contributed by atoms with Gasteiger partial charge in [0, 0.05) is 22.2 Å². The van der Waals surface area contributed by atoms with Gasteiger partial charge in [0.1, 0.15) is 11.1 Å². The van der Waals surface area contributed by atoms with Gasteiger partial charge in [0.05, 0.1) is 5.56 Å². The molecule has 6 rings (SSSR count). The van der Waals surface area contributed by atoms with Gasteiger partial charge in [-0.2, -0.15) is 0 Å². The molecule has 2 aromatic heterocycles. The molecule has 1 N–H and O–H groups in total. The van der Waals surface area contributed by atoms with Gasteiger partial charge in [-0.05, 0) is 91.2 Å². The number of nitrogens with zero attached hydrogens (tertiary/aromatic N) is 1. The zero-order valence-corrected chi connectivity index (χ0v) is 20.2. The predicted octanol–water partition coefficient (Wildman–Crippen LogP) is 7.14. The van der Waals surface area contributed by atoms with E-state index in [1.807, 2.05) is 61.5 Å². The predicted molar refractivity (Wildman–Crippen MR) is 145 cm³/mol. The average molecular weight is 487 g/mol. The summed E-state index contributed by atoms with van der Waals surface area (Å²) in [6, 6.07) is 27.4. The van der Waals surface area contributed by atoms with Gasteiger partial charge in [0.25, 0.3) is 5.91 Å². The van der Waals surface area contributed by atoms with E-state index in [0.29, 0.717) is 33.9 Å². The molecule has 0 aliphatic carbocycles. The van der Waals surface area contributed by atoms with Crippen molar-refractivity contribution in [3.8, 4) is 22.6 Å². The van der Waals surface area contributed by atoms with Crippen molar-refractivity contribution in [2.45, 2.75) is 13.8 Å². The molecule has 0 radical (unpaired) electrons. The van der Waals surface area contributed by atoms with Crippen molar-refractivity contribution in [1.82, 2.24) is 4.98 Å². The van der Waals surface area contributed by atoms with Crippen LogP contribution in [-0.2, 0) is 0 Å². The molecule has 37 heavy (non-hydrogen) atoms. The number of aryl methyl sites for hydroxylation is 2. The van der Waals surface area contributed by atoms with Gasteiger partial charge in [0.15, 0.2) is 5.58 Å². The Bertz CT molecular complexity index is 1810. The number of amides is 1. The summed E-state index contributed by atoms with van der Waals surface area (Å²) in [4.78, 5) is 29.9. The molecule has 2 heterocycles. The molecule has 4 aromatic carbocycles. The van der Waals surface area contributed by atoms with Crippen LogP contribution in [0.2, 0.25) is 0 Å². The number of fused-ring (bicyclic) bond motifs is 2. The number of carbonyl (C=O) groups excluding carboxylic acids is 1. The van der Waals surface area contributed by atoms with Crippen molar-refractivity contribution in [3.05, 3.63) is 118 Å². The summed E-state index contributed by atoms with van der Waals surface area (Å²) in [5.74, 6) is 0.282. The Morgan fingerprint density at radius 1 is 0.757 bits per heavy atom. The van der Waals surface area contributed by atoms with Crippen LogP contribution in [0.5, 0.6) is 0 Å². The lowest BCUT2D eigenvalue weighted by molar-refractivity contribution is 0.102. The normalized spacial score (nSPS) is 11.2. The lowest BCUT2D eigenvalue weighted by atomic mass is 10.0. The van der Waals surface area contributed by atoms with Crippen LogP contribution < -0.4 is 10.9 Å². The summed E-state index contributed by atoms with van der Waals surface area (Å²) in [7, 11) is 0. The first kappa shape index (κ1) is 22.5. The fraction of sp³-hybridized carbons (Fsp3) is 0.0645. The quantitative estimate of drug-likeness (QED) is 0.268. The van der Waals surface area contributed by atoms with Crippen LogP contribution in [0, 0.1) is 13.8 Å². The third kappa shape index (κ3) is 4.29. The number of benzene rings is 4. The Labute approximate surface area is 212 Å². The summed E-state index contributed by atoms with van der Waals surface area (Å²) in [5.41, 5.74) is 7.10. The molecule has 0 unspecified atom stereocenters. The largest absolute Gasteiger partial charge is 0.436 e. The molecule has 6 nitrogen and oxygen atoms in total. The highest BCUT2D eigenvalue weighted by Crippen LogP contribution is 2.27. The Morgan fingerprint density at radius 2 is 1.46 bits per heavy atom. The maximum absolute atomic E-state index is 12.8. The van der Waals surface area contributed by atoms with Crippen LogP contribution in [-0.4, -0.2) is 10.9 Å². The molecule has 180 valence electrons. The molecule has 0 saturated heterocycles. The highest BCUT2D eigenvalue weighted by Gasteiger charge is 2.12. The summed E-state index contributed by atoms with van der Waals surface area (Å²) >= 11 is 0. The summed E-state index contributed by atoms with van der Waals surface area (Å²) in [6.07, 6.45) is 0. The molecule has 0 atom stereocenters. The van der Waals surface area contributed by atoms with E-state index in [1.54, 1.807) is 36.4 Å². The van der Waals surface area contributed by atoms with Gasteiger partial charge in [-0.3, -0.25) is 4.79 Å². The second-order valence-corrected chi connectivity index (χ2v) is 9.02. The topological polar surface area (TPSA) is 85.3 Å². The molecular weight excluding hydrogens is 464 g/mol. The molecule has 0 saturated carbocycles. The lowest BCUT2D eigenvalue weighted by Crippen LogP contribution is -2.11. The smallest absolute Gasteiger partial charge is 0.344 e. The molecule has 6 heteroatoms. The highest BCUT2D eigenvalue weighted by atomic mass is 16.4. The molecule has 0 spiro atoms. The van der Waals surface area contributed by atoms with Crippen LogP contribution >= 0.6 is 0 Å². The van der Waals surface area contributed by atoms with E-state index in [-0.39, 0.29) is 5.91 Å². The fourth-order valence-electron chi connectivity index (χ4n) is 4.27. The zero-order chi connectivity index (χ0) is 25.5. The van der Waals surface area contributed by atoms with E-state index in [9.17, 15) is 9.59 Å². The highest BCUT2D eigenvalue weighted by molar-refractivity contribution is 6.04.